The zero-order chi connectivity index (χ0) is 21.4. The van der Waals surface area contributed by atoms with Crippen LogP contribution in [-0.2, 0) is 0 Å². The fraction of sp³-hybridized carbons (Fsp3) is 0.125. The van der Waals surface area contributed by atoms with Crippen molar-refractivity contribution in [2.75, 3.05) is 26.5 Å². The maximum atomic E-state index is 12.9. The van der Waals surface area contributed by atoms with Gasteiger partial charge in [-0.3, -0.25) is 14.4 Å². The fourth-order valence-electron chi connectivity index (χ4n) is 3.56. The fourth-order valence-corrected chi connectivity index (χ4v) is 3.56. The number of fused-ring (bicyclic) bond motifs is 3. The van der Waals surface area contributed by atoms with E-state index < -0.39 is 5.91 Å². The third-order valence-electron chi connectivity index (χ3n) is 5.09. The highest BCUT2D eigenvalue weighted by atomic mass is 16.5. The van der Waals surface area contributed by atoms with Crippen LogP contribution in [0.4, 0.5) is 5.69 Å². The average Bonchev–Trinajstić information content (AvgIpc) is 3.05. The molecular weight excluding hydrogens is 380 g/mol. The molecule has 4 rings (SSSR count). The molecule has 0 unspecified atom stereocenters. The first-order valence-corrected chi connectivity index (χ1v) is 9.40. The molecule has 2 amide bonds. The van der Waals surface area contributed by atoms with Gasteiger partial charge in [-0.25, -0.2) is 0 Å². The molecule has 0 heterocycles. The van der Waals surface area contributed by atoms with Crippen molar-refractivity contribution in [3.63, 3.8) is 0 Å². The Morgan fingerprint density at radius 1 is 0.833 bits per heavy atom. The molecule has 6 heteroatoms. The van der Waals surface area contributed by atoms with Gasteiger partial charge in [-0.05, 0) is 41.5 Å². The summed E-state index contributed by atoms with van der Waals surface area (Å²) in [5.41, 5.74) is 4.00. The Hall–Kier alpha value is -3.93. The second-order valence-electron chi connectivity index (χ2n) is 7.20. The topological polar surface area (TPSA) is 75.7 Å². The molecule has 0 fully saturated rings. The van der Waals surface area contributed by atoms with Crippen molar-refractivity contribution in [3.8, 4) is 16.9 Å². The Balaban J connectivity index is 1.65. The molecule has 1 N–H and O–H groups in total. The van der Waals surface area contributed by atoms with Crippen molar-refractivity contribution in [1.29, 1.82) is 0 Å². The van der Waals surface area contributed by atoms with Crippen molar-refractivity contribution >= 4 is 23.3 Å². The van der Waals surface area contributed by atoms with E-state index in [2.05, 4.69) is 5.32 Å². The number of methoxy groups -OCH3 is 1. The molecule has 6 nitrogen and oxygen atoms in total. The quantitative estimate of drug-likeness (QED) is 0.564. The maximum Gasteiger partial charge on any atom is 0.255 e. The molecule has 0 bridgehead atoms. The Kier molecular flexibility index (Phi) is 4.83. The van der Waals surface area contributed by atoms with Gasteiger partial charge >= 0.3 is 0 Å². The summed E-state index contributed by atoms with van der Waals surface area (Å²) in [4.78, 5) is 39.3. The minimum atomic E-state index is -0.394. The SMILES string of the molecule is COc1ccc(C(=O)N(C)C)cc1NC(=O)c1ccc2c(c1)C(=O)c1ccccc1-2. The van der Waals surface area contributed by atoms with Crippen molar-refractivity contribution in [3.05, 3.63) is 82.9 Å². The molecule has 150 valence electrons. The summed E-state index contributed by atoms with van der Waals surface area (Å²) in [7, 11) is 4.80. The lowest BCUT2D eigenvalue weighted by atomic mass is 10.0. The van der Waals surface area contributed by atoms with E-state index in [1.54, 1.807) is 56.6 Å². The summed E-state index contributed by atoms with van der Waals surface area (Å²) < 4.78 is 5.32. The van der Waals surface area contributed by atoms with Crippen LogP contribution >= 0.6 is 0 Å². The molecule has 0 radical (unpaired) electrons. The number of rotatable bonds is 4. The lowest BCUT2D eigenvalue weighted by Gasteiger charge is -2.14. The molecule has 1 aliphatic rings. The number of carbonyl (C=O) groups is 3. The normalized spacial score (nSPS) is 11.5. The van der Waals surface area contributed by atoms with Gasteiger partial charge in [-0.2, -0.15) is 0 Å². The van der Waals surface area contributed by atoms with Crippen LogP contribution in [0.15, 0.2) is 60.7 Å². The average molecular weight is 400 g/mol. The highest BCUT2D eigenvalue weighted by molar-refractivity contribution is 6.22. The molecule has 3 aromatic carbocycles. The zero-order valence-electron chi connectivity index (χ0n) is 16.9. The van der Waals surface area contributed by atoms with Crippen molar-refractivity contribution in [2.24, 2.45) is 0 Å². The second kappa shape index (κ2) is 7.48. The van der Waals surface area contributed by atoms with E-state index in [9.17, 15) is 14.4 Å². The Labute approximate surface area is 174 Å². The number of hydrogen-bond donors (Lipinski definition) is 1. The minimum absolute atomic E-state index is 0.0913. The Morgan fingerprint density at radius 2 is 1.50 bits per heavy atom. The van der Waals surface area contributed by atoms with E-state index in [-0.39, 0.29) is 11.7 Å². The second-order valence-corrected chi connectivity index (χ2v) is 7.20. The Bertz CT molecular complexity index is 1200. The third kappa shape index (κ3) is 3.22. The molecule has 0 aliphatic heterocycles. The molecule has 30 heavy (non-hydrogen) atoms. The number of anilines is 1. The molecule has 1 aliphatic carbocycles. The predicted molar refractivity (Wildman–Crippen MR) is 114 cm³/mol. The van der Waals surface area contributed by atoms with Crippen LogP contribution < -0.4 is 10.1 Å². The Morgan fingerprint density at radius 3 is 2.20 bits per heavy atom. The molecule has 3 aromatic rings. The summed E-state index contributed by atoms with van der Waals surface area (Å²) in [5, 5.41) is 2.79. The number of nitrogens with zero attached hydrogens (tertiary/aromatic N) is 1. The van der Waals surface area contributed by atoms with Gasteiger partial charge in [-0.1, -0.05) is 30.3 Å². The molecule has 0 spiro atoms. The number of benzene rings is 3. The van der Waals surface area contributed by atoms with E-state index in [4.69, 9.17) is 4.74 Å². The number of hydrogen-bond acceptors (Lipinski definition) is 4. The summed E-state index contributed by atoms with van der Waals surface area (Å²) >= 11 is 0. The highest BCUT2D eigenvalue weighted by Gasteiger charge is 2.27. The summed E-state index contributed by atoms with van der Waals surface area (Å²) in [5.74, 6) is -0.238. The van der Waals surface area contributed by atoms with Gasteiger partial charge in [0.15, 0.2) is 5.78 Å². The molecule has 0 aromatic heterocycles. The largest absolute Gasteiger partial charge is 0.495 e. The summed E-state index contributed by atoms with van der Waals surface area (Å²) in [6, 6.07) is 17.3. The van der Waals surface area contributed by atoms with Crippen molar-refractivity contribution in [1.82, 2.24) is 4.90 Å². The molecular formula is C24H20N2O4. The lowest BCUT2D eigenvalue weighted by molar-refractivity contribution is 0.0827. The number of ketones is 1. The first-order chi connectivity index (χ1) is 14.4. The van der Waals surface area contributed by atoms with Gasteiger partial charge in [0.25, 0.3) is 11.8 Å². The van der Waals surface area contributed by atoms with Crippen LogP contribution in [-0.4, -0.2) is 43.7 Å². The van der Waals surface area contributed by atoms with Crippen LogP contribution in [0, 0.1) is 0 Å². The van der Waals surface area contributed by atoms with E-state index in [1.165, 1.54) is 12.0 Å². The summed E-state index contributed by atoms with van der Waals surface area (Å²) in [6.07, 6.45) is 0. The smallest absolute Gasteiger partial charge is 0.255 e. The number of nitrogens with one attached hydrogen (secondary N) is 1. The first kappa shape index (κ1) is 19.4. The van der Waals surface area contributed by atoms with Crippen LogP contribution in [0.3, 0.4) is 0 Å². The van der Waals surface area contributed by atoms with E-state index >= 15 is 0 Å². The third-order valence-corrected chi connectivity index (χ3v) is 5.09. The van der Waals surface area contributed by atoms with Crippen molar-refractivity contribution in [2.45, 2.75) is 0 Å². The number of ether oxygens (including phenoxy) is 1. The monoisotopic (exact) mass is 400 g/mol. The van der Waals surface area contributed by atoms with Gasteiger partial charge in [0.1, 0.15) is 5.75 Å². The van der Waals surface area contributed by atoms with Gasteiger partial charge in [0.05, 0.1) is 12.8 Å². The van der Waals surface area contributed by atoms with Crippen LogP contribution in [0.25, 0.3) is 11.1 Å². The predicted octanol–water partition coefficient (Wildman–Crippen LogP) is 3.86. The van der Waals surface area contributed by atoms with Crippen LogP contribution in [0.5, 0.6) is 5.75 Å². The summed E-state index contributed by atoms with van der Waals surface area (Å²) in [6.45, 7) is 0. The minimum Gasteiger partial charge on any atom is -0.495 e. The number of carbonyl (C=O) groups excluding carboxylic acids is 3. The first-order valence-electron chi connectivity index (χ1n) is 9.40. The zero-order valence-corrected chi connectivity index (χ0v) is 16.9. The van der Waals surface area contributed by atoms with E-state index in [1.807, 2.05) is 18.2 Å². The van der Waals surface area contributed by atoms with E-state index in [0.29, 0.717) is 33.7 Å². The lowest BCUT2D eigenvalue weighted by Crippen LogP contribution is -2.22. The van der Waals surface area contributed by atoms with Crippen LogP contribution in [0.1, 0.15) is 36.6 Å². The molecule has 0 saturated carbocycles. The highest BCUT2D eigenvalue weighted by Crippen LogP contribution is 2.37. The maximum absolute atomic E-state index is 12.9. The van der Waals surface area contributed by atoms with Gasteiger partial charge in [0.2, 0.25) is 0 Å². The number of amides is 2. The van der Waals surface area contributed by atoms with E-state index in [0.717, 1.165) is 11.1 Å². The molecule has 0 atom stereocenters. The van der Waals surface area contributed by atoms with Gasteiger partial charge < -0.3 is 15.0 Å². The molecule has 0 saturated heterocycles. The standard InChI is InChI=1S/C24H20N2O4/c1-26(2)24(29)15-9-11-21(30-3)20(13-15)25-23(28)14-8-10-17-16-6-4-5-7-18(16)22(27)19(17)12-14/h4-13H,1-3H3,(H,25,28). The van der Waals surface area contributed by atoms with Gasteiger partial charge in [-0.15, -0.1) is 0 Å². The van der Waals surface area contributed by atoms with Gasteiger partial charge in [0, 0.05) is 36.3 Å². The van der Waals surface area contributed by atoms with Crippen molar-refractivity contribution < 1.29 is 19.1 Å². The van der Waals surface area contributed by atoms with Crippen LogP contribution in [0.2, 0.25) is 0 Å².